The van der Waals surface area contributed by atoms with Gasteiger partial charge in [0.2, 0.25) is 5.91 Å². The van der Waals surface area contributed by atoms with Gasteiger partial charge in [-0.2, -0.15) is 0 Å². The zero-order chi connectivity index (χ0) is 20.9. The Morgan fingerprint density at radius 2 is 1.77 bits per heavy atom. The molecule has 150 valence electrons. The molecule has 7 nitrogen and oxygen atoms in total. The van der Waals surface area contributed by atoms with Crippen molar-refractivity contribution in [1.29, 1.82) is 0 Å². The van der Waals surface area contributed by atoms with Crippen molar-refractivity contribution < 1.29 is 9.59 Å². The summed E-state index contributed by atoms with van der Waals surface area (Å²) in [5, 5.41) is 6.06. The summed E-state index contributed by atoms with van der Waals surface area (Å²) in [6.45, 7) is 1.84. The van der Waals surface area contributed by atoms with E-state index in [4.69, 9.17) is 0 Å². The van der Waals surface area contributed by atoms with Gasteiger partial charge in [0.05, 0.1) is 16.8 Å². The van der Waals surface area contributed by atoms with E-state index in [0.29, 0.717) is 10.7 Å². The smallest absolute Gasteiger partial charge is 0.272 e. The highest BCUT2D eigenvalue weighted by Crippen LogP contribution is 2.30. The number of benzene rings is 2. The van der Waals surface area contributed by atoms with Crippen molar-refractivity contribution in [2.75, 3.05) is 11.9 Å². The summed E-state index contributed by atoms with van der Waals surface area (Å²) in [4.78, 5) is 38.1. The molecule has 0 spiro atoms. The molecule has 0 bridgehead atoms. The van der Waals surface area contributed by atoms with Crippen LogP contribution in [0.4, 0.5) is 5.69 Å². The summed E-state index contributed by atoms with van der Waals surface area (Å²) in [5.41, 5.74) is 3.15. The fourth-order valence-electron chi connectivity index (χ4n) is 3.02. The Hall–Kier alpha value is -3.65. The number of hydrogen-bond acceptors (Lipinski definition) is 6. The highest BCUT2D eigenvalue weighted by Gasteiger charge is 2.19. The van der Waals surface area contributed by atoms with Gasteiger partial charge in [-0.1, -0.05) is 37.3 Å². The van der Waals surface area contributed by atoms with Crippen LogP contribution in [0.3, 0.4) is 0 Å². The molecule has 2 heterocycles. The number of rotatable bonds is 6. The van der Waals surface area contributed by atoms with E-state index in [1.54, 1.807) is 0 Å². The molecule has 8 heteroatoms. The van der Waals surface area contributed by atoms with Crippen LogP contribution in [0, 0.1) is 0 Å². The molecule has 30 heavy (non-hydrogen) atoms. The summed E-state index contributed by atoms with van der Waals surface area (Å²) >= 11 is 1.44. The van der Waals surface area contributed by atoms with Crippen molar-refractivity contribution in [2.24, 2.45) is 0 Å². The zero-order valence-corrected chi connectivity index (χ0v) is 17.1. The number of carbonyl (C=O) groups is 2. The lowest BCUT2D eigenvalue weighted by Crippen LogP contribution is -2.33. The van der Waals surface area contributed by atoms with Gasteiger partial charge in [0.15, 0.2) is 5.69 Å². The van der Waals surface area contributed by atoms with Gasteiger partial charge >= 0.3 is 0 Å². The van der Waals surface area contributed by atoms with Gasteiger partial charge in [0.25, 0.3) is 5.91 Å². The zero-order valence-electron chi connectivity index (χ0n) is 16.3. The van der Waals surface area contributed by atoms with Crippen LogP contribution in [0.15, 0.2) is 60.9 Å². The molecule has 0 atom stereocenters. The molecule has 0 aliphatic carbocycles. The van der Waals surface area contributed by atoms with E-state index in [1.165, 1.54) is 23.7 Å². The second kappa shape index (κ2) is 8.79. The van der Waals surface area contributed by atoms with Crippen molar-refractivity contribution in [2.45, 2.75) is 13.3 Å². The first kappa shape index (κ1) is 19.7. The minimum Gasteiger partial charge on any atom is -0.342 e. The van der Waals surface area contributed by atoms with Crippen molar-refractivity contribution in [3.63, 3.8) is 0 Å². The third-order valence-electron chi connectivity index (χ3n) is 4.49. The van der Waals surface area contributed by atoms with Crippen LogP contribution < -0.4 is 10.6 Å². The Kier molecular flexibility index (Phi) is 5.76. The van der Waals surface area contributed by atoms with Crippen LogP contribution in [-0.4, -0.2) is 33.3 Å². The first-order valence-corrected chi connectivity index (χ1v) is 10.3. The fourth-order valence-corrected chi connectivity index (χ4v) is 3.99. The highest BCUT2D eigenvalue weighted by atomic mass is 32.1. The van der Waals surface area contributed by atoms with Gasteiger partial charge in [-0.15, -0.1) is 11.3 Å². The lowest BCUT2D eigenvalue weighted by molar-refractivity contribution is -0.115. The Balaban J connectivity index is 1.48. The molecule has 0 saturated heterocycles. The minimum atomic E-state index is -0.476. The second-order valence-corrected chi connectivity index (χ2v) is 7.51. The van der Waals surface area contributed by atoms with Gasteiger partial charge in [-0.25, -0.2) is 15.0 Å². The predicted molar refractivity (Wildman–Crippen MR) is 117 cm³/mol. The number of hydrogen-bond donors (Lipinski definition) is 2. The summed E-state index contributed by atoms with van der Waals surface area (Å²) in [5.74, 6) is -0.786. The number of aryl methyl sites for hydroxylation is 1. The van der Waals surface area contributed by atoms with Crippen molar-refractivity contribution in [3.8, 4) is 10.7 Å². The van der Waals surface area contributed by atoms with Gasteiger partial charge < -0.3 is 10.6 Å². The maximum Gasteiger partial charge on any atom is 0.272 e. The molecule has 2 N–H and O–H groups in total. The van der Waals surface area contributed by atoms with E-state index in [1.807, 2.05) is 55.5 Å². The molecule has 0 aliphatic heterocycles. The van der Waals surface area contributed by atoms with Crippen molar-refractivity contribution >= 4 is 39.1 Å². The molecule has 0 unspecified atom stereocenters. The summed E-state index contributed by atoms with van der Waals surface area (Å²) in [6.07, 6.45) is 3.77. The van der Waals surface area contributed by atoms with Crippen molar-refractivity contribution in [1.82, 2.24) is 20.3 Å². The first-order valence-electron chi connectivity index (χ1n) is 9.48. The van der Waals surface area contributed by atoms with Gasteiger partial charge in [-0.3, -0.25) is 9.59 Å². The Morgan fingerprint density at radius 1 is 1.00 bits per heavy atom. The van der Waals surface area contributed by atoms with E-state index < -0.39 is 5.91 Å². The maximum absolute atomic E-state index is 12.7. The lowest BCUT2D eigenvalue weighted by atomic mass is 10.1. The molecular weight excluding hydrogens is 398 g/mol. The van der Waals surface area contributed by atoms with Crippen molar-refractivity contribution in [3.05, 3.63) is 72.2 Å². The first-order chi connectivity index (χ1) is 14.7. The quantitative estimate of drug-likeness (QED) is 0.499. The molecule has 2 aromatic carbocycles. The number of para-hydroxylation sites is 2. The third-order valence-corrected chi connectivity index (χ3v) is 5.53. The van der Waals surface area contributed by atoms with Crippen LogP contribution in [0.5, 0.6) is 0 Å². The number of amides is 2. The molecule has 0 saturated carbocycles. The standard InChI is InChI=1S/C22H19N5O2S/c1-2-14-7-3-4-8-15(14)26-18(28)13-25-21(29)19-20(24-12-11-23-19)22-27-16-9-5-6-10-17(16)30-22/h3-12H,2,13H2,1H3,(H,25,29)(H,26,28). The van der Waals surface area contributed by atoms with Gasteiger partial charge in [-0.05, 0) is 30.2 Å². The van der Waals surface area contributed by atoms with Crippen LogP contribution in [0.1, 0.15) is 23.0 Å². The van der Waals surface area contributed by atoms with Crippen LogP contribution in [0.25, 0.3) is 20.9 Å². The average molecular weight is 417 g/mol. The SMILES string of the molecule is CCc1ccccc1NC(=O)CNC(=O)c1nccnc1-c1nc2ccccc2s1. The van der Waals surface area contributed by atoms with E-state index in [9.17, 15) is 9.59 Å². The summed E-state index contributed by atoms with van der Waals surface area (Å²) in [6, 6.07) is 15.3. The summed E-state index contributed by atoms with van der Waals surface area (Å²) in [7, 11) is 0. The molecule has 2 amide bonds. The van der Waals surface area contributed by atoms with Crippen LogP contribution >= 0.6 is 11.3 Å². The van der Waals surface area contributed by atoms with E-state index in [2.05, 4.69) is 25.6 Å². The second-order valence-electron chi connectivity index (χ2n) is 6.48. The largest absolute Gasteiger partial charge is 0.342 e. The molecular formula is C22H19N5O2S. The Labute approximate surface area is 177 Å². The van der Waals surface area contributed by atoms with Gasteiger partial charge in [0.1, 0.15) is 10.7 Å². The minimum absolute atomic E-state index is 0.137. The fraction of sp³-hybridized carbons (Fsp3) is 0.136. The molecule has 4 aromatic rings. The normalized spacial score (nSPS) is 10.7. The summed E-state index contributed by atoms with van der Waals surface area (Å²) < 4.78 is 0.999. The van der Waals surface area contributed by atoms with Crippen LogP contribution in [0.2, 0.25) is 0 Å². The number of nitrogens with zero attached hydrogens (tertiary/aromatic N) is 3. The topological polar surface area (TPSA) is 96.9 Å². The number of anilines is 1. The molecule has 0 aliphatic rings. The molecule has 0 fully saturated rings. The average Bonchev–Trinajstić information content (AvgIpc) is 3.22. The van der Waals surface area contributed by atoms with Crippen LogP contribution in [-0.2, 0) is 11.2 Å². The number of fused-ring (bicyclic) bond motifs is 1. The van der Waals surface area contributed by atoms with E-state index in [-0.39, 0.29) is 18.1 Å². The molecule has 0 radical (unpaired) electrons. The number of nitrogens with one attached hydrogen (secondary N) is 2. The third kappa shape index (κ3) is 4.18. The Morgan fingerprint density at radius 3 is 2.60 bits per heavy atom. The maximum atomic E-state index is 12.7. The molecule has 4 rings (SSSR count). The number of thiazole rings is 1. The highest BCUT2D eigenvalue weighted by molar-refractivity contribution is 7.21. The monoisotopic (exact) mass is 417 g/mol. The van der Waals surface area contributed by atoms with E-state index in [0.717, 1.165) is 27.9 Å². The molecule has 2 aromatic heterocycles. The predicted octanol–water partition coefficient (Wildman–Crippen LogP) is 3.68. The van der Waals surface area contributed by atoms with E-state index >= 15 is 0 Å². The van der Waals surface area contributed by atoms with Gasteiger partial charge in [0, 0.05) is 18.1 Å². The lowest BCUT2D eigenvalue weighted by Gasteiger charge is -2.10. The Bertz CT molecular complexity index is 1190. The number of aromatic nitrogens is 3. The number of carbonyl (C=O) groups excluding carboxylic acids is 2.